The fourth-order valence-electron chi connectivity index (χ4n) is 2.43. The molecule has 0 fully saturated rings. The Labute approximate surface area is 146 Å². The van der Waals surface area contributed by atoms with E-state index in [2.05, 4.69) is 4.98 Å². The van der Waals surface area contributed by atoms with Crippen molar-refractivity contribution < 1.29 is 13.2 Å². The highest BCUT2D eigenvalue weighted by Crippen LogP contribution is 2.17. The van der Waals surface area contributed by atoms with Crippen LogP contribution in [0.15, 0.2) is 52.2 Å². The van der Waals surface area contributed by atoms with E-state index in [0.717, 1.165) is 5.56 Å². The van der Waals surface area contributed by atoms with E-state index in [1.165, 1.54) is 16.8 Å². The van der Waals surface area contributed by atoms with E-state index >= 15 is 0 Å². The van der Waals surface area contributed by atoms with Crippen molar-refractivity contribution >= 4 is 9.84 Å². The lowest BCUT2D eigenvalue weighted by Crippen LogP contribution is -2.29. The van der Waals surface area contributed by atoms with Gasteiger partial charge >= 0.3 is 5.69 Å². The average Bonchev–Trinajstić information content (AvgIpc) is 2.56. The monoisotopic (exact) mass is 366 g/mol. The van der Waals surface area contributed by atoms with Crippen LogP contribution in [-0.4, -0.2) is 36.1 Å². The van der Waals surface area contributed by atoms with Gasteiger partial charge in [-0.25, -0.2) is 13.2 Å². The molecule has 136 valence electrons. The summed E-state index contributed by atoms with van der Waals surface area (Å²) in [4.78, 5) is 24.5. The maximum absolute atomic E-state index is 12.2. The molecule has 1 aromatic carbocycles. The minimum Gasteiger partial charge on any atom is -0.361 e. The SMILES string of the molecule is C[C@@H](CS(=O)(=O)CCCOCn1ccc(=O)[nH]c1=O)c1ccccc1. The molecule has 1 N–H and O–H groups in total. The lowest BCUT2D eigenvalue weighted by molar-refractivity contribution is 0.0745. The summed E-state index contributed by atoms with van der Waals surface area (Å²) in [7, 11) is -3.18. The Hall–Kier alpha value is -2.19. The Bertz CT molecular complexity index is 887. The maximum Gasteiger partial charge on any atom is 0.330 e. The second-order valence-electron chi connectivity index (χ2n) is 5.90. The smallest absolute Gasteiger partial charge is 0.330 e. The molecule has 1 atom stereocenters. The van der Waals surface area contributed by atoms with Crippen LogP contribution in [0.2, 0.25) is 0 Å². The Kier molecular flexibility index (Phi) is 6.72. The molecule has 0 unspecified atom stereocenters. The largest absolute Gasteiger partial charge is 0.361 e. The Morgan fingerprint density at radius 3 is 2.56 bits per heavy atom. The number of hydrogen-bond acceptors (Lipinski definition) is 5. The quantitative estimate of drug-likeness (QED) is 0.671. The van der Waals surface area contributed by atoms with E-state index in [4.69, 9.17) is 4.74 Å². The molecular weight excluding hydrogens is 344 g/mol. The van der Waals surface area contributed by atoms with E-state index in [1.54, 1.807) is 0 Å². The molecule has 25 heavy (non-hydrogen) atoms. The third-order valence-electron chi connectivity index (χ3n) is 3.74. The molecule has 0 bridgehead atoms. The van der Waals surface area contributed by atoms with Crippen LogP contribution in [-0.2, 0) is 21.3 Å². The van der Waals surface area contributed by atoms with Gasteiger partial charge in [0.1, 0.15) is 6.73 Å². The molecule has 2 rings (SSSR count). The number of benzene rings is 1. The van der Waals surface area contributed by atoms with Crippen molar-refractivity contribution in [3.8, 4) is 0 Å². The van der Waals surface area contributed by atoms with Crippen LogP contribution in [0.5, 0.6) is 0 Å². The van der Waals surface area contributed by atoms with Gasteiger partial charge in [-0.2, -0.15) is 0 Å². The summed E-state index contributed by atoms with van der Waals surface area (Å²) in [5, 5.41) is 0. The summed E-state index contributed by atoms with van der Waals surface area (Å²) in [6, 6.07) is 10.8. The summed E-state index contributed by atoms with van der Waals surface area (Å²) < 4.78 is 30.9. The number of aromatic amines is 1. The zero-order valence-electron chi connectivity index (χ0n) is 14.1. The molecule has 0 saturated carbocycles. The number of nitrogens with one attached hydrogen (secondary N) is 1. The van der Waals surface area contributed by atoms with Crippen molar-refractivity contribution in [1.29, 1.82) is 0 Å². The van der Waals surface area contributed by atoms with E-state index < -0.39 is 21.1 Å². The minimum atomic E-state index is -3.18. The van der Waals surface area contributed by atoms with Gasteiger partial charge in [0.05, 0.1) is 11.5 Å². The van der Waals surface area contributed by atoms with Crippen molar-refractivity contribution in [3.05, 3.63) is 69.0 Å². The van der Waals surface area contributed by atoms with Crippen LogP contribution in [0.3, 0.4) is 0 Å². The van der Waals surface area contributed by atoms with Gasteiger partial charge in [0.15, 0.2) is 9.84 Å². The zero-order chi connectivity index (χ0) is 18.3. The third kappa shape index (κ3) is 6.32. The molecular formula is C17H22N2O5S. The highest BCUT2D eigenvalue weighted by Gasteiger charge is 2.16. The molecule has 1 aromatic heterocycles. The molecule has 7 nitrogen and oxygen atoms in total. The topological polar surface area (TPSA) is 98.2 Å². The molecule has 2 aromatic rings. The van der Waals surface area contributed by atoms with Gasteiger partial charge in [-0.05, 0) is 17.9 Å². The summed E-state index contributed by atoms with van der Waals surface area (Å²) in [6.45, 7) is 2.08. The average molecular weight is 366 g/mol. The van der Waals surface area contributed by atoms with Crippen LogP contribution >= 0.6 is 0 Å². The number of rotatable bonds is 9. The van der Waals surface area contributed by atoms with Crippen molar-refractivity contribution in [1.82, 2.24) is 9.55 Å². The van der Waals surface area contributed by atoms with Gasteiger partial charge in [0.25, 0.3) is 5.56 Å². The molecule has 0 radical (unpaired) electrons. The maximum atomic E-state index is 12.2. The van der Waals surface area contributed by atoms with Gasteiger partial charge in [-0.3, -0.25) is 14.3 Å². The molecule has 1 heterocycles. The Morgan fingerprint density at radius 2 is 1.88 bits per heavy atom. The Balaban J connectivity index is 1.75. The van der Waals surface area contributed by atoms with Gasteiger partial charge in [0, 0.05) is 18.9 Å². The second-order valence-corrected chi connectivity index (χ2v) is 8.13. The molecule has 0 amide bonds. The van der Waals surface area contributed by atoms with Gasteiger partial charge < -0.3 is 4.74 Å². The van der Waals surface area contributed by atoms with E-state index in [0.29, 0.717) is 6.42 Å². The number of sulfone groups is 1. The van der Waals surface area contributed by atoms with Gasteiger partial charge in [0.2, 0.25) is 0 Å². The van der Waals surface area contributed by atoms with Gasteiger partial charge in [-0.1, -0.05) is 37.3 Å². The van der Waals surface area contributed by atoms with Crippen LogP contribution in [0, 0.1) is 0 Å². The molecule has 0 aliphatic rings. The second kappa shape index (κ2) is 8.77. The first-order chi connectivity index (χ1) is 11.9. The van der Waals surface area contributed by atoms with Crippen molar-refractivity contribution in [2.45, 2.75) is 26.0 Å². The van der Waals surface area contributed by atoms with Gasteiger partial charge in [-0.15, -0.1) is 0 Å². The lowest BCUT2D eigenvalue weighted by Gasteiger charge is -2.12. The number of H-pyrrole nitrogens is 1. The van der Waals surface area contributed by atoms with Crippen molar-refractivity contribution in [3.63, 3.8) is 0 Å². The van der Waals surface area contributed by atoms with Crippen molar-refractivity contribution in [2.24, 2.45) is 0 Å². The molecule has 0 aliphatic carbocycles. The minimum absolute atomic E-state index is 0.0317. The molecule has 0 aliphatic heterocycles. The predicted octanol–water partition coefficient (Wildman–Crippen LogP) is 1.12. The van der Waals surface area contributed by atoms with E-state index in [1.807, 2.05) is 37.3 Å². The predicted molar refractivity (Wildman–Crippen MR) is 95.4 cm³/mol. The molecule has 0 saturated heterocycles. The van der Waals surface area contributed by atoms with E-state index in [-0.39, 0.29) is 30.8 Å². The number of nitrogens with zero attached hydrogens (tertiary/aromatic N) is 1. The molecule has 0 spiro atoms. The summed E-state index contributed by atoms with van der Waals surface area (Å²) in [5.41, 5.74) is -0.0311. The van der Waals surface area contributed by atoms with E-state index in [9.17, 15) is 18.0 Å². The summed E-state index contributed by atoms with van der Waals surface area (Å²) in [6.07, 6.45) is 1.68. The fraction of sp³-hybridized carbons (Fsp3) is 0.412. The number of ether oxygens (including phenoxy) is 1. The number of hydrogen-bond donors (Lipinski definition) is 1. The third-order valence-corrected chi connectivity index (χ3v) is 5.66. The number of aromatic nitrogens is 2. The summed E-state index contributed by atoms with van der Waals surface area (Å²) in [5.74, 6) is 0.0630. The van der Waals surface area contributed by atoms with Crippen LogP contribution < -0.4 is 11.2 Å². The first-order valence-corrected chi connectivity index (χ1v) is 9.82. The standard InChI is InChI=1S/C17H22N2O5S/c1-14(15-6-3-2-4-7-15)12-25(22,23)11-5-10-24-13-19-9-8-16(20)18-17(19)21/h2-4,6-9,14H,5,10-13H2,1H3,(H,18,20,21)/t14-/m0/s1. The lowest BCUT2D eigenvalue weighted by atomic mass is 10.0. The normalized spacial score (nSPS) is 12.8. The fourth-order valence-corrected chi connectivity index (χ4v) is 4.11. The Morgan fingerprint density at radius 1 is 1.16 bits per heavy atom. The first-order valence-electron chi connectivity index (χ1n) is 8.00. The highest BCUT2D eigenvalue weighted by atomic mass is 32.2. The van der Waals surface area contributed by atoms with Crippen LogP contribution in [0.4, 0.5) is 0 Å². The van der Waals surface area contributed by atoms with Crippen LogP contribution in [0.25, 0.3) is 0 Å². The van der Waals surface area contributed by atoms with Crippen molar-refractivity contribution in [2.75, 3.05) is 18.1 Å². The van der Waals surface area contributed by atoms with Crippen LogP contribution in [0.1, 0.15) is 24.8 Å². The highest BCUT2D eigenvalue weighted by molar-refractivity contribution is 7.91. The first kappa shape index (κ1) is 19.1. The zero-order valence-corrected chi connectivity index (χ0v) is 14.9. The molecule has 8 heteroatoms. The summed E-state index contributed by atoms with van der Waals surface area (Å²) >= 11 is 0.